The molecule has 6 nitrogen and oxygen atoms in total. The van der Waals surface area contributed by atoms with Crippen LogP contribution in [0.5, 0.6) is 0 Å². The van der Waals surface area contributed by atoms with Crippen LogP contribution in [0.2, 0.25) is 0 Å². The molecular formula is C15H17N5O. The van der Waals surface area contributed by atoms with Gasteiger partial charge in [0.1, 0.15) is 11.6 Å². The van der Waals surface area contributed by atoms with Gasteiger partial charge in [0, 0.05) is 23.8 Å². The predicted octanol–water partition coefficient (Wildman–Crippen LogP) is 1.80. The van der Waals surface area contributed by atoms with Crippen LogP contribution in [-0.4, -0.2) is 17.1 Å². The molecule has 6 heteroatoms. The van der Waals surface area contributed by atoms with E-state index in [0.29, 0.717) is 17.3 Å². The van der Waals surface area contributed by atoms with Gasteiger partial charge in [-0.2, -0.15) is 0 Å². The second-order valence-electron chi connectivity index (χ2n) is 4.71. The molecule has 0 radical (unpaired) electrons. The Kier molecular flexibility index (Phi) is 4.18. The van der Waals surface area contributed by atoms with Crippen molar-refractivity contribution in [2.24, 2.45) is 0 Å². The molecule has 1 aliphatic heterocycles. The number of aromatic nitrogens is 1. The van der Waals surface area contributed by atoms with E-state index in [0.717, 1.165) is 17.5 Å². The Labute approximate surface area is 123 Å². The van der Waals surface area contributed by atoms with E-state index >= 15 is 0 Å². The Balaban J connectivity index is 2.23. The quantitative estimate of drug-likeness (QED) is 0.503. The first-order chi connectivity index (χ1) is 9.99. The van der Waals surface area contributed by atoms with Gasteiger partial charge < -0.3 is 21.4 Å². The molecule has 0 unspecified atom stereocenters. The van der Waals surface area contributed by atoms with Gasteiger partial charge in [0.15, 0.2) is 0 Å². The van der Waals surface area contributed by atoms with E-state index in [1.807, 2.05) is 26.0 Å². The van der Waals surface area contributed by atoms with Gasteiger partial charge in [0.2, 0.25) is 0 Å². The number of rotatable bonds is 3. The van der Waals surface area contributed by atoms with E-state index in [4.69, 9.17) is 5.41 Å². The SMILES string of the molecule is C=C1C=C(C)N/C(=C(\C=N)C(=O)Nc2ccc(C)cn2)N1. The maximum absolute atomic E-state index is 12.3. The van der Waals surface area contributed by atoms with Crippen LogP contribution in [0.3, 0.4) is 0 Å². The largest absolute Gasteiger partial charge is 0.345 e. The number of carbonyl (C=O) groups is 1. The third-order valence-electron chi connectivity index (χ3n) is 2.81. The summed E-state index contributed by atoms with van der Waals surface area (Å²) >= 11 is 0. The maximum Gasteiger partial charge on any atom is 0.262 e. The molecule has 1 aromatic rings. The highest BCUT2D eigenvalue weighted by atomic mass is 16.1. The van der Waals surface area contributed by atoms with Gasteiger partial charge in [0.25, 0.3) is 5.91 Å². The number of aryl methyl sites for hydroxylation is 1. The number of nitrogens with zero attached hydrogens (tertiary/aromatic N) is 1. The number of carbonyl (C=O) groups excluding carboxylic acids is 1. The summed E-state index contributed by atoms with van der Waals surface area (Å²) in [5.41, 5.74) is 2.67. The summed E-state index contributed by atoms with van der Waals surface area (Å²) in [6, 6.07) is 3.57. The third kappa shape index (κ3) is 3.56. The zero-order valence-corrected chi connectivity index (χ0v) is 11.9. The molecule has 2 rings (SSSR count). The first-order valence-corrected chi connectivity index (χ1v) is 6.39. The van der Waals surface area contributed by atoms with Crippen molar-refractivity contribution in [2.75, 3.05) is 5.32 Å². The van der Waals surface area contributed by atoms with Gasteiger partial charge in [-0.15, -0.1) is 0 Å². The van der Waals surface area contributed by atoms with E-state index < -0.39 is 5.91 Å². The highest BCUT2D eigenvalue weighted by molar-refractivity contribution is 6.17. The maximum atomic E-state index is 12.3. The van der Waals surface area contributed by atoms with Crippen LogP contribution in [0, 0.1) is 12.3 Å². The lowest BCUT2D eigenvalue weighted by molar-refractivity contribution is -0.112. The summed E-state index contributed by atoms with van der Waals surface area (Å²) < 4.78 is 0. The van der Waals surface area contributed by atoms with Crippen molar-refractivity contribution in [3.8, 4) is 0 Å². The van der Waals surface area contributed by atoms with E-state index in [9.17, 15) is 4.79 Å². The summed E-state index contributed by atoms with van der Waals surface area (Å²) in [5.74, 6) is 0.450. The summed E-state index contributed by atoms with van der Waals surface area (Å²) in [4.78, 5) is 16.4. The fourth-order valence-electron chi connectivity index (χ4n) is 1.83. The normalized spacial score (nSPS) is 16.3. The Bertz CT molecular complexity index is 655. The lowest BCUT2D eigenvalue weighted by atomic mass is 10.2. The molecule has 2 heterocycles. The number of nitrogens with one attached hydrogen (secondary N) is 4. The van der Waals surface area contributed by atoms with Crippen molar-refractivity contribution in [1.29, 1.82) is 5.41 Å². The lowest BCUT2D eigenvalue weighted by Gasteiger charge is -2.21. The number of allylic oxidation sites excluding steroid dienone is 2. The molecule has 0 saturated carbocycles. The van der Waals surface area contributed by atoms with E-state index in [1.54, 1.807) is 12.3 Å². The molecule has 1 aromatic heterocycles. The van der Waals surface area contributed by atoms with Crippen LogP contribution >= 0.6 is 0 Å². The zero-order chi connectivity index (χ0) is 15.4. The molecule has 1 amide bonds. The van der Waals surface area contributed by atoms with Crippen LogP contribution in [0.4, 0.5) is 5.82 Å². The second kappa shape index (κ2) is 6.04. The van der Waals surface area contributed by atoms with Gasteiger partial charge in [-0.1, -0.05) is 12.6 Å². The fourth-order valence-corrected chi connectivity index (χ4v) is 1.83. The Morgan fingerprint density at radius 2 is 2.14 bits per heavy atom. The topological polar surface area (TPSA) is 89.9 Å². The minimum Gasteiger partial charge on any atom is -0.345 e. The van der Waals surface area contributed by atoms with Crippen LogP contribution in [0.15, 0.2) is 53.8 Å². The number of hydrogen-bond donors (Lipinski definition) is 4. The summed E-state index contributed by atoms with van der Waals surface area (Å²) in [7, 11) is 0. The third-order valence-corrected chi connectivity index (χ3v) is 2.81. The number of pyridine rings is 1. The molecule has 0 aromatic carbocycles. The van der Waals surface area contributed by atoms with E-state index in [1.165, 1.54) is 0 Å². The summed E-state index contributed by atoms with van der Waals surface area (Å²) in [6.45, 7) is 7.57. The van der Waals surface area contributed by atoms with Crippen molar-refractivity contribution in [3.05, 3.63) is 59.3 Å². The fraction of sp³-hybridized carbons (Fsp3) is 0.133. The van der Waals surface area contributed by atoms with Gasteiger partial charge in [-0.3, -0.25) is 4.79 Å². The van der Waals surface area contributed by atoms with Crippen molar-refractivity contribution >= 4 is 17.9 Å². The monoisotopic (exact) mass is 283 g/mol. The van der Waals surface area contributed by atoms with Crippen molar-refractivity contribution in [1.82, 2.24) is 15.6 Å². The molecule has 0 aliphatic carbocycles. The first-order valence-electron chi connectivity index (χ1n) is 6.39. The summed E-state index contributed by atoms with van der Waals surface area (Å²) in [5, 5.41) is 16.1. The molecule has 0 atom stereocenters. The minimum absolute atomic E-state index is 0.172. The van der Waals surface area contributed by atoms with Crippen LogP contribution in [-0.2, 0) is 4.79 Å². The van der Waals surface area contributed by atoms with E-state index in [-0.39, 0.29) is 5.57 Å². The van der Waals surface area contributed by atoms with Crippen LogP contribution in [0.1, 0.15) is 12.5 Å². The van der Waals surface area contributed by atoms with Gasteiger partial charge in [0.05, 0.1) is 5.57 Å². The summed E-state index contributed by atoms with van der Waals surface area (Å²) in [6.07, 6.45) is 4.47. The Morgan fingerprint density at radius 3 is 2.71 bits per heavy atom. The first kappa shape index (κ1) is 14.5. The zero-order valence-electron chi connectivity index (χ0n) is 11.9. The molecule has 108 valence electrons. The van der Waals surface area contributed by atoms with Crippen molar-refractivity contribution < 1.29 is 4.79 Å². The standard InChI is InChI=1S/C15H17N5O/c1-9-4-5-13(17-8-9)20-15(21)12(7-16)14-18-10(2)6-11(3)19-14/h4-8,16,18-19H,2H2,1,3H3,(H,17,20,21)/b14-12+,16-7?. The number of hydrogen-bond acceptors (Lipinski definition) is 5. The van der Waals surface area contributed by atoms with Crippen LogP contribution < -0.4 is 16.0 Å². The average Bonchev–Trinajstić information content (AvgIpc) is 2.41. The minimum atomic E-state index is -0.418. The van der Waals surface area contributed by atoms with Gasteiger partial charge in [-0.05, 0) is 31.6 Å². The molecule has 0 saturated heterocycles. The van der Waals surface area contributed by atoms with Crippen LogP contribution in [0.25, 0.3) is 0 Å². The van der Waals surface area contributed by atoms with Crippen molar-refractivity contribution in [2.45, 2.75) is 13.8 Å². The highest BCUT2D eigenvalue weighted by Crippen LogP contribution is 2.11. The molecular weight excluding hydrogens is 266 g/mol. The van der Waals surface area contributed by atoms with Crippen molar-refractivity contribution in [3.63, 3.8) is 0 Å². The smallest absolute Gasteiger partial charge is 0.262 e. The number of anilines is 1. The highest BCUT2D eigenvalue weighted by Gasteiger charge is 2.17. The van der Waals surface area contributed by atoms with Gasteiger partial charge >= 0.3 is 0 Å². The average molecular weight is 283 g/mol. The molecule has 0 bridgehead atoms. The molecule has 1 aliphatic rings. The Hall–Kier alpha value is -2.89. The second-order valence-corrected chi connectivity index (χ2v) is 4.71. The van der Waals surface area contributed by atoms with Gasteiger partial charge in [-0.25, -0.2) is 4.98 Å². The Morgan fingerprint density at radius 1 is 1.38 bits per heavy atom. The molecule has 4 N–H and O–H groups in total. The predicted molar refractivity (Wildman–Crippen MR) is 82.6 cm³/mol. The lowest BCUT2D eigenvalue weighted by Crippen LogP contribution is -2.33. The number of amides is 1. The molecule has 0 fully saturated rings. The van der Waals surface area contributed by atoms with E-state index in [2.05, 4.69) is 27.5 Å². The molecule has 0 spiro atoms. The molecule has 21 heavy (non-hydrogen) atoms.